The minimum absolute atomic E-state index is 0.107. The van der Waals surface area contributed by atoms with Gasteiger partial charge in [-0.2, -0.15) is 0 Å². The minimum Gasteiger partial charge on any atom is -0.391 e. The maximum Gasteiger partial charge on any atom is 0.241 e. The fourth-order valence-corrected chi connectivity index (χ4v) is 4.15. The number of aliphatic hydroxyl groups is 1. The number of nitrogens with one attached hydrogen (secondary N) is 1. The lowest BCUT2D eigenvalue weighted by atomic mass is 10.4. The number of thiophene rings is 1. The molecule has 0 bridgehead atoms. The van der Waals surface area contributed by atoms with Crippen LogP contribution in [0.5, 0.6) is 0 Å². The van der Waals surface area contributed by atoms with Crippen LogP contribution in [0.25, 0.3) is 0 Å². The maximum atomic E-state index is 11.8. The van der Waals surface area contributed by atoms with Gasteiger partial charge in [-0.3, -0.25) is 0 Å². The van der Waals surface area contributed by atoms with E-state index < -0.39 is 10.0 Å². The van der Waals surface area contributed by atoms with Crippen molar-refractivity contribution in [2.45, 2.75) is 37.3 Å². The Morgan fingerprint density at radius 2 is 2.27 bits per heavy atom. The average Bonchev–Trinajstić information content (AvgIpc) is 2.85. The van der Waals surface area contributed by atoms with Crippen LogP contribution in [0, 0.1) is 6.92 Å². The molecule has 84 valence electrons. The van der Waals surface area contributed by atoms with Crippen molar-refractivity contribution in [2.75, 3.05) is 0 Å². The molecule has 15 heavy (non-hydrogen) atoms. The largest absolute Gasteiger partial charge is 0.391 e. The summed E-state index contributed by atoms with van der Waals surface area (Å²) in [6, 6.07) is 1.66. The van der Waals surface area contributed by atoms with E-state index in [-0.39, 0.29) is 12.6 Å². The molecule has 1 saturated carbocycles. The van der Waals surface area contributed by atoms with Gasteiger partial charge in [-0.1, -0.05) is 0 Å². The fourth-order valence-electron chi connectivity index (χ4n) is 1.35. The zero-order valence-corrected chi connectivity index (χ0v) is 9.99. The zero-order chi connectivity index (χ0) is 11.1. The van der Waals surface area contributed by atoms with Crippen molar-refractivity contribution in [1.82, 2.24) is 4.72 Å². The first-order chi connectivity index (χ1) is 7.03. The van der Waals surface area contributed by atoms with E-state index in [0.29, 0.717) is 9.77 Å². The summed E-state index contributed by atoms with van der Waals surface area (Å²) in [5.74, 6) is 0. The van der Waals surface area contributed by atoms with Crippen LogP contribution in [-0.4, -0.2) is 19.6 Å². The SMILES string of the molecule is Cc1sc(CO)cc1S(=O)(=O)NC1CC1. The number of sulfonamides is 1. The van der Waals surface area contributed by atoms with Crippen molar-refractivity contribution >= 4 is 21.4 Å². The molecule has 1 aliphatic carbocycles. The van der Waals surface area contributed by atoms with Crippen LogP contribution in [0.2, 0.25) is 0 Å². The predicted octanol–water partition coefficient (Wildman–Crippen LogP) is 0.990. The zero-order valence-electron chi connectivity index (χ0n) is 8.36. The first-order valence-corrected chi connectivity index (χ1v) is 7.05. The van der Waals surface area contributed by atoms with E-state index in [9.17, 15) is 8.42 Å². The van der Waals surface area contributed by atoms with Crippen LogP contribution in [0.4, 0.5) is 0 Å². The van der Waals surface area contributed by atoms with Crippen molar-refractivity contribution in [3.8, 4) is 0 Å². The van der Waals surface area contributed by atoms with Gasteiger partial charge in [0.2, 0.25) is 10.0 Å². The van der Waals surface area contributed by atoms with Gasteiger partial charge in [0.15, 0.2) is 0 Å². The van der Waals surface area contributed by atoms with Crippen molar-refractivity contribution in [1.29, 1.82) is 0 Å². The van der Waals surface area contributed by atoms with E-state index >= 15 is 0 Å². The Hall–Kier alpha value is -0.430. The number of aliphatic hydroxyl groups excluding tert-OH is 1. The van der Waals surface area contributed by atoms with Crippen LogP contribution in [0.15, 0.2) is 11.0 Å². The van der Waals surface area contributed by atoms with Crippen LogP contribution in [-0.2, 0) is 16.6 Å². The summed E-state index contributed by atoms with van der Waals surface area (Å²) >= 11 is 1.32. The quantitative estimate of drug-likeness (QED) is 0.834. The number of hydrogen-bond acceptors (Lipinski definition) is 4. The molecule has 0 radical (unpaired) electrons. The minimum atomic E-state index is -3.37. The van der Waals surface area contributed by atoms with Gasteiger partial charge in [0.25, 0.3) is 0 Å². The lowest BCUT2D eigenvalue weighted by Crippen LogP contribution is -2.25. The van der Waals surface area contributed by atoms with Gasteiger partial charge in [-0.25, -0.2) is 13.1 Å². The first-order valence-electron chi connectivity index (χ1n) is 4.75. The van der Waals surface area contributed by atoms with E-state index in [2.05, 4.69) is 4.72 Å². The molecule has 0 amide bonds. The van der Waals surface area contributed by atoms with Gasteiger partial charge in [0.05, 0.1) is 11.5 Å². The molecule has 0 saturated heterocycles. The average molecular weight is 247 g/mol. The van der Waals surface area contributed by atoms with E-state index in [0.717, 1.165) is 17.7 Å². The molecular formula is C9H13NO3S2. The van der Waals surface area contributed by atoms with Gasteiger partial charge in [0, 0.05) is 15.8 Å². The molecule has 1 fully saturated rings. The standard InChI is InChI=1S/C9H13NO3S2/c1-6-9(4-8(5-11)14-6)15(12,13)10-7-2-3-7/h4,7,10-11H,2-3,5H2,1H3. The highest BCUT2D eigenvalue weighted by Crippen LogP contribution is 2.28. The Balaban J connectivity index is 2.30. The Bertz CT molecular complexity index is 460. The molecule has 1 aromatic rings. The smallest absolute Gasteiger partial charge is 0.241 e. The molecule has 0 aliphatic heterocycles. The molecule has 6 heteroatoms. The third kappa shape index (κ3) is 2.39. The third-order valence-corrected chi connectivity index (χ3v) is 5.08. The van der Waals surface area contributed by atoms with Crippen molar-refractivity contribution in [3.05, 3.63) is 15.8 Å². The van der Waals surface area contributed by atoms with E-state index in [4.69, 9.17) is 5.11 Å². The Morgan fingerprint density at radius 1 is 1.60 bits per heavy atom. The second-order valence-electron chi connectivity index (χ2n) is 3.69. The lowest BCUT2D eigenvalue weighted by Gasteiger charge is -2.03. The molecular weight excluding hydrogens is 234 g/mol. The summed E-state index contributed by atoms with van der Waals surface area (Å²) in [6.45, 7) is 1.65. The van der Waals surface area contributed by atoms with Crippen LogP contribution >= 0.6 is 11.3 Å². The lowest BCUT2D eigenvalue weighted by molar-refractivity contribution is 0.285. The van der Waals surface area contributed by atoms with Crippen LogP contribution in [0.1, 0.15) is 22.6 Å². The molecule has 0 unspecified atom stereocenters. The summed E-state index contributed by atoms with van der Waals surface area (Å²) in [6.07, 6.45) is 1.85. The number of aryl methyl sites for hydroxylation is 1. The molecule has 4 nitrogen and oxygen atoms in total. The summed E-state index contributed by atoms with van der Waals surface area (Å²) in [4.78, 5) is 1.72. The molecule has 0 spiro atoms. The Kier molecular flexibility index (Phi) is 2.85. The van der Waals surface area contributed by atoms with Crippen LogP contribution < -0.4 is 4.72 Å². The number of hydrogen-bond donors (Lipinski definition) is 2. The molecule has 0 atom stereocenters. The Labute approximate surface area is 93.0 Å². The molecule has 1 aliphatic rings. The van der Waals surface area contributed by atoms with Crippen LogP contribution in [0.3, 0.4) is 0 Å². The highest BCUT2D eigenvalue weighted by molar-refractivity contribution is 7.89. The van der Waals surface area contributed by atoms with Gasteiger partial charge in [-0.15, -0.1) is 11.3 Å². The van der Waals surface area contributed by atoms with E-state index in [1.807, 2.05) is 0 Å². The Morgan fingerprint density at radius 3 is 2.73 bits per heavy atom. The highest BCUT2D eigenvalue weighted by atomic mass is 32.2. The van der Waals surface area contributed by atoms with Gasteiger partial charge >= 0.3 is 0 Å². The second-order valence-corrected chi connectivity index (χ2v) is 6.71. The molecule has 2 N–H and O–H groups in total. The summed E-state index contributed by atoms with van der Waals surface area (Å²) in [5, 5.41) is 8.93. The maximum absolute atomic E-state index is 11.8. The monoisotopic (exact) mass is 247 g/mol. The van der Waals surface area contributed by atoms with Gasteiger partial charge in [-0.05, 0) is 25.8 Å². The third-order valence-electron chi connectivity index (χ3n) is 2.27. The molecule has 1 heterocycles. The normalized spacial score (nSPS) is 16.9. The molecule has 1 aromatic heterocycles. The summed E-state index contributed by atoms with van der Waals surface area (Å²) in [5.41, 5.74) is 0. The van der Waals surface area contributed by atoms with Gasteiger partial charge < -0.3 is 5.11 Å². The molecule has 2 rings (SSSR count). The van der Waals surface area contributed by atoms with Crippen molar-refractivity contribution in [3.63, 3.8) is 0 Å². The van der Waals surface area contributed by atoms with Gasteiger partial charge in [0.1, 0.15) is 0 Å². The van der Waals surface area contributed by atoms with Crippen molar-refractivity contribution in [2.24, 2.45) is 0 Å². The first kappa shape index (κ1) is 11.1. The number of rotatable bonds is 4. The summed E-state index contributed by atoms with van der Waals surface area (Å²) in [7, 11) is -3.37. The summed E-state index contributed by atoms with van der Waals surface area (Å²) < 4.78 is 26.3. The topological polar surface area (TPSA) is 66.4 Å². The van der Waals surface area contributed by atoms with E-state index in [1.165, 1.54) is 11.3 Å². The van der Waals surface area contributed by atoms with Crippen molar-refractivity contribution < 1.29 is 13.5 Å². The van der Waals surface area contributed by atoms with E-state index in [1.54, 1.807) is 13.0 Å². The molecule has 0 aromatic carbocycles. The second kappa shape index (κ2) is 3.86. The highest BCUT2D eigenvalue weighted by Gasteiger charge is 2.29. The predicted molar refractivity (Wildman–Crippen MR) is 58.3 cm³/mol. The fraction of sp³-hybridized carbons (Fsp3) is 0.556.